The quantitative estimate of drug-likeness (QED) is 0.677. The highest BCUT2D eigenvalue weighted by Crippen LogP contribution is 2.28. The lowest BCUT2D eigenvalue weighted by molar-refractivity contribution is 0.685. The molecule has 0 spiro atoms. The fourth-order valence-electron chi connectivity index (χ4n) is 3.93. The monoisotopic (exact) mass is 407 g/mol. The molecule has 6 heteroatoms. The number of anilines is 1. The second-order valence-electron chi connectivity index (χ2n) is 8.45. The molecule has 0 bridgehead atoms. The molecule has 6 nitrogen and oxygen atoms in total. The van der Waals surface area contributed by atoms with Crippen LogP contribution in [0.4, 0.5) is 11.4 Å². The first-order valence-corrected chi connectivity index (χ1v) is 10.9. The molecule has 0 atom stereocenters. The number of nitrogens with zero attached hydrogens (tertiary/aromatic N) is 5. The van der Waals surface area contributed by atoms with Gasteiger partial charge in [0.2, 0.25) is 0 Å². The Morgan fingerprint density at radius 2 is 1.73 bits per heavy atom. The maximum Gasteiger partial charge on any atom is 0.278 e. The van der Waals surface area contributed by atoms with Gasteiger partial charge in [-0.3, -0.25) is 4.79 Å². The van der Waals surface area contributed by atoms with E-state index in [1.807, 2.05) is 26.8 Å². The molecule has 0 N–H and O–H groups in total. The zero-order valence-electron chi connectivity index (χ0n) is 19.4. The van der Waals surface area contributed by atoms with E-state index < -0.39 is 0 Å². The van der Waals surface area contributed by atoms with Crippen molar-refractivity contribution in [2.45, 2.75) is 67.2 Å². The van der Waals surface area contributed by atoms with E-state index in [0.29, 0.717) is 17.2 Å². The van der Waals surface area contributed by atoms with Gasteiger partial charge in [0.15, 0.2) is 5.82 Å². The third-order valence-corrected chi connectivity index (χ3v) is 5.60. The lowest BCUT2D eigenvalue weighted by Gasteiger charge is -2.21. The third kappa shape index (κ3) is 3.83. The van der Waals surface area contributed by atoms with E-state index in [0.717, 1.165) is 35.6 Å². The Morgan fingerprint density at radius 1 is 1.07 bits per heavy atom. The van der Waals surface area contributed by atoms with Gasteiger partial charge in [0, 0.05) is 24.3 Å². The van der Waals surface area contributed by atoms with Gasteiger partial charge >= 0.3 is 0 Å². The van der Waals surface area contributed by atoms with Gasteiger partial charge in [0.1, 0.15) is 5.71 Å². The smallest absolute Gasteiger partial charge is 0.278 e. The first-order valence-electron chi connectivity index (χ1n) is 10.9. The molecule has 2 aromatic rings. The topological polar surface area (TPSA) is 62.9 Å². The van der Waals surface area contributed by atoms with Crippen LogP contribution in [0.15, 0.2) is 33.1 Å². The fourth-order valence-corrected chi connectivity index (χ4v) is 3.93. The number of aromatic nitrogens is 2. The maximum atomic E-state index is 13.2. The zero-order valence-corrected chi connectivity index (χ0v) is 19.4. The summed E-state index contributed by atoms with van der Waals surface area (Å²) in [6.07, 6.45) is 0. The first kappa shape index (κ1) is 21.9. The minimum Gasteiger partial charge on any atom is -0.372 e. The normalized spacial score (nSPS) is 14.6. The number of aliphatic imine (C=N–C) groups is 1. The predicted molar refractivity (Wildman–Crippen MR) is 126 cm³/mol. The van der Waals surface area contributed by atoms with Crippen LogP contribution in [0.25, 0.3) is 0 Å². The number of aryl methyl sites for hydroxylation is 1. The summed E-state index contributed by atoms with van der Waals surface area (Å²) in [5.74, 6) is 0.780. The Bertz CT molecular complexity index is 1070. The molecule has 160 valence electrons. The van der Waals surface area contributed by atoms with Gasteiger partial charge in [-0.2, -0.15) is 9.78 Å². The highest BCUT2D eigenvalue weighted by atomic mass is 16.1. The molecule has 3 rings (SSSR count). The molecule has 0 fully saturated rings. The molecule has 0 amide bonds. The second-order valence-corrected chi connectivity index (χ2v) is 8.45. The number of hydrogen-bond donors (Lipinski definition) is 0. The summed E-state index contributed by atoms with van der Waals surface area (Å²) in [6.45, 7) is 18.4. The molecule has 1 aliphatic rings. The van der Waals surface area contributed by atoms with E-state index in [-0.39, 0.29) is 17.4 Å². The standard InChI is InChI=1S/C24H33N5O/c1-9-28(10-2)18-11-12-19(16(7)13-18)25-22-17(8)27-29-23(22)26-21(15(5)6)20(14(3)4)24(29)30/h11-15H,9-10H2,1-8H3. The van der Waals surface area contributed by atoms with Crippen LogP contribution < -0.4 is 10.5 Å². The van der Waals surface area contributed by atoms with E-state index in [4.69, 9.17) is 9.98 Å². The average molecular weight is 408 g/mol. The molecule has 0 saturated heterocycles. The van der Waals surface area contributed by atoms with Crippen LogP contribution in [0.5, 0.6) is 0 Å². The maximum absolute atomic E-state index is 13.2. The van der Waals surface area contributed by atoms with Crippen molar-refractivity contribution in [2.75, 3.05) is 18.0 Å². The summed E-state index contributed by atoms with van der Waals surface area (Å²) in [5.41, 5.74) is 6.03. The van der Waals surface area contributed by atoms with Gasteiger partial charge in [-0.15, -0.1) is 0 Å². The molecular weight excluding hydrogens is 374 g/mol. The minimum absolute atomic E-state index is 0.0862. The lowest BCUT2D eigenvalue weighted by Crippen LogP contribution is -2.28. The molecule has 0 unspecified atom stereocenters. The van der Waals surface area contributed by atoms with Crippen LogP contribution in [0.3, 0.4) is 0 Å². The van der Waals surface area contributed by atoms with Crippen molar-refractivity contribution in [3.05, 3.63) is 51.2 Å². The highest BCUT2D eigenvalue weighted by molar-refractivity contribution is 6.48. The van der Waals surface area contributed by atoms with Crippen LogP contribution in [0.1, 0.15) is 82.9 Å². The van der Waals surface area contributed by atoms with E-state index in [1.165, 1.54) is 10.4 Å². The van der Waals surface area contributed by atoms with E-state index in [9.17, 15) is 4.79 Å². The van der Waals surface area contributed by atoms with Crippen LogP contribution in [0, 0.1) is 6.92 Å². The zero-order chi connectivity index (χ0) is 22.2. The molecule has 1 aromatic carbocycles. The molecule has 0 saturated carbocycles. The Hall–Kier alpha value is -2.76. The summed E-state index contributed by atoms with van der Waals surface area (Å²) in [7, 11) is 0. The average Bonchev–Trinajstić information content (AvgIpc) is 3.00. The summed E-state index contributed by atoms with van der Waals surface area (Å²) in [6, 6.07) is 6.30. The predicted octanol–water partition coefficient (Wildman–Crippen LogP) is 5.00. The van der Waals surface area contributed by atoms with Crippen molar-refractivity contribution in [1.82, 2.24) is 9.66 Å². The first-order chi connectivity index (χ1) is 14.2. The van der Waals surface area contributed by atoms with Crippen LogP contribution in [-0.2, 0) is 0 Å². The second kappa shape index (κ2) is 8.54. The van der Waals surface area contributed by atoms with Crippen molar-refractivity contribution >= 4 is 22.8 Å². The van der Waals surface area contributed by atoms with Crippen molar-refractivity contribution in [3.8, 4) is 0 Å². The molecule has 0 aliphatic carbocycles. The van der Waals surface area contributed by atoms with E-state index in [2.05, 4.69) is 56.8 Å². The summed E-state index contributed by atoms with van der Waals surface area (Å²) >= 11 is 0. The van der Waals surface area contributed by atoms with Gasteiger partial charge in [-0.05, 0) is 63.3 Å². The van der Waals surface area contributed by atoms with Crippen molar-refractivity contribution in [2.24, 2.45) is 10.1 Å². The van der Waals surface area contributed by atoms with Crippen molar-refractivity contribution < 1.29 is 0 Å². The molecule has 2 heterocycles. The summed E-state index contributed by atoms with van der Waals surface area (Å²) in [5, 5.41) is 4.49. The highest BCUT2D eigenvalue weighted by Gasteiger charge is 2.28. The number of benzene rings is 1. The Kier molecular flexibility index (Phi) is 6.25. The lowest BCUT2D eigenvalue weighted by atomic mass is 9.96. The Balaban J connectivity index is 2.14. The van der Waals surface area contributed by atoms with Gasteiger partial charge in [-0.25, -0.2) is 9.98 Å². The Labute approximate surface area is 179 Å². The molecular formula is C24H33N5O. The number of fused-ring (bicyclic) bond motifs is 1. The third-order valence-electron chi connectivity index (χ3n) is 5.60. The van der Waals surface area contributed by atoms with E-state index >= 15 is 0 Å². The molecule has 1 aliphatic heterocycles. The largest absolute Gasteiger partial charge is 0.372 e. The minimum atomic E-state index is -0.0862. The molecule has 0 radical (unpaired) electrons. The number of hydrogen-bond acceptors (Lipinski definition) is 5. The molecule has 30 heavy (non-hydrogen) atoms. The van der Waals surface area contributed by atoms with Crippen molar-refractivity contribution in [1.29, 1.82) is 0 Å². The van der Waals surface area contributed by atoms with Gasteiger partial charge in [-0.1, -0.05) is 27.7 Å². The Morgan fingerprint density at radius 3 is 2.27 bits per heavy atom. The summed E-state index contributed by atoms with van der Waals surface area (Å²) in [4.78, 5) is 25.3. The van der Waals surface area contributed by atoms with Crippen molar-refractivity contribution in [3.63, 3.8) is 0 Å². The van der Waals surface area contributed by atoms with Gasteiger partial charge in [0.05, 0.1) is 17.1 Å². The summed E-state index contributed by atoms with van der Waals surface area (Å²) < 4.78 is 1.43. The van der Waals surface area contributed by atoms with Gasteiger partial charge < -0.3 is 4.90 Å². The SMILES string of the molecule is CCN(CC)c1ccc(N=C2C(C)=Nn3c2nc(C(C)C)c(C(C)C)c3=O)c(C)c1. The number of rotatable bonds is 6. The molecule has 1 aromatic heterocycles. The van der Waals surface area contributed by atoms with Crippen LogP contribution in [0.2, 0.25) is 0 Å². The van der Waals surface area contributed by atoms with E-state index in [1.54, 1.807) is 0 Å². The fraction of sp³-hybridized carbons (Fsp3) is 0.500. The van der Waals surface area contributed by atoms with Gasteiger partial charge in [0.25, 0.3) is 5.56 Å². The van der Waals surface area contributed by atoms with Crippen LogP contribution in [-0.4, -0.2) is 34.2 Å². The van der Waals surface area contributed by atoms with Crippen LogP contribution >= 0.6 is 0 Å².